The number of anilines is 1. The second kappa shape index (κ2) is 8.26. The highest BCUT2D eigenvalue weighted by molar-refractivity contribution is 8.01. The third-order valence-electron chi connectivity index (χ3n) is 4.47. The van der Waals surface area contributed by atoms with Crippen LogP contribution in [-0.4, -0.2) is 33.4 Å². The van der Waals surface area contributed by atoms with Crippen molar-refractivity contribution in [2.24, 2.45) is 4.99 Å². The predicted molar refractivity (Wildman–Crippen MR) is 117 cm³/mol. The minimum atomic E-state index is -0.204. The Morgan fingerprint density at radius 2 is 2.00 bits per heavy atom. The molecule has 2 aromatic carbocycles. The first kappa shape index (κ1) is 19.5. The summed E-state index contributed by atoms with van der Waals surface area (Å²) < 4.78 is 0.718. The SMILES string of the molecule is Cc1ccc2c(c1)C(=O)CC(CSc1nnc(NC(=O)c3ccccc3C)s1)=N2. The second-order valence-corrected chi connectivity index (χ2v) is 8.93. The average Bonchev–Trinajstić information content (AvgIpc) is 3.14. The number of aromatic nitrogens is 2. The number of nitrogens with zero attached hydrogens (tertiary/aromatic N) is 3. The van der Waals surface area contributed by atoms with E-state index in [4.69, 9.17) is 0 Å². The largest absolute Gasteiger partial charge is 0.296 e. The zero-order valence-corrected chi connectivity index (χ0v) is 17.6. The van der Waals surface area contributed by atoms with Gasteiger partial charge in [0.05, 0.1) is 12.1 Å². The van der Waals surface area contributed by atoms with Gasteiger partial charge in [0.25, 0.3) is 5.91 Å². The summed E-state index contributed by atoms with van der Waals surface area (Å²) >= 11 is 2.77. The summed E-state index contributed by atoms with van der Waals surface area (Å²) in [6.45, 7) is 3.86. The number of benzene rings is 2. The van der Waals surface area contributed by atoms with Gasteiger partial charge in [0.2, 0.25) is 5.13 Å². The normalized spacial score (nSPS) is 13.0. The van der Waals surface area contributed by atoms with E-state index in [1.807, 2.05) is 50.2 Å². The molecule has 2 heterocycles. The zero-order chi connectivity index (χ0) is 20.4. The van der Waals surface area contributed by atoms with E-state index >= 15 is 0 Å². The van der Waals surface area contributed by atoms with Crippen molar-refractivity contribution in [3.63, 3.8) is 0 Å². The van der Waals surface area contributed by atoms with Gasteiger partial charge in [-0.05, 0) is 37.6 Å². The fraction of sp³-hybridized carbons (Fsp3) is 0.190. The Kier molecular flexibility index (Phi) is 5.55. The number of nitrogens with one attached hydrogen (secondary N) is 1. The van der Waals surface area contributed by atoms with Gasteiger partial charge in [0, 0.05) is 22.6 Å². The number of carbonyl (C=O) groups is 2. The number of aliphatic imine (C=N–C) groups is 1. The van der Waals surface area contributed by atoms with Crippen LogP contribution in [0.4, 0.5) is 10.8 Å². The topological polar surface area (TPSA) is 84.3 Å². The van der Waals surface area contributed by atoms with Gasteiger partial charge in [-0.3, -0.25) is 19.9 Å². The number of ketones is 1. The molecule has 0 atom stereocenters. The van der Waals surface area contributed by atoms with E-state index in [9.17, 15) is 9.59 Å². The standard InChI is InChI=1S/C21H18N4O2S2/c1-12-7-8-17-16(9-12)18(26)10-14(22-17)11-28-21-25-24-20(29-21)23-19(27)15-6-4-3-5-13(15)2/h3-9H,10-11H2,1-2H3,(H,23,24,27). The number of Topliss-reactive ketones (excluding diaryl/α,β-unsaturated/α-hetero) is 1. The summed E-state index contributed by atoms with van der Waals surface area (Å²) in [7, 11) is 0. The van der Waals surface area contributed by atoms with Crippen molar-refractivity contribution in [2.45, 2.75) is 24.6 Å². The maximum Gasteiger partial charge on any atom is 0.257 e. The Labute approximate surface area is 176 Å². The van der Waals surface area contributed by atoms with Crippen molar-refractivity contribution in [1.82, 2.24) is 10.2 Å². The van der Waals surface area contributed by atoms with E-state index in [0.717, 1.165) is 26.9 Å². The van der Waals surface area contributed by atoms with E-state index in [1.54, 1.807) is 6.07 Å². The lowest BCUT2D eigenvalue weighted by Crippen LogP contribution is -2.15. The molecule has 0 bridgehead atoms. The van der Waals surface area contributed by atoms with Gasteiger partial charge in [-0.1, -0.05) is 52.9 Å². The zero-order valence-electron chi connectivity index (χ0n) is 15.9. The van der Waals surface area contributed by atoms with Crippen LogP contribution in [-0.2, 0) is 0 Å². The van der Waals surface area contributed by atoms with Crippen LogP contribution in [0.2, 0.25) is 0 Å². The molecular formula is C21H18N4O2S2. The molecule has 0 aliphatic carbocycles. The third-order valence-corrected chi connectivity index (χ3v) is 6.52. The molecule has 1 aliphatic rings. The van der Waals surface area contributed by atoms with E-state index in [2.05, 4.69) is 20.5 Å². The number of hydrogen-bond acceptors (Lipinski definition) is 7. The van der Waals surface area contributed by atoms with Crippen molar-refractivity contribution in [2.75, 3.05) is 11.1 Å². The van der Waals surface area contributed by atoms with E-state index < -0.39 is 0 Å². The summed E-state index contributed by atoms with van der Waals surface area (Å²) in [5.41, 5.74) is 4.80. The second-order valence-electron chi connectivity index (χ2n) is 6.73. The fourth-order valence-corrected chi connectivity index (χ4v) is 4.68. The van der Waals surface area contributed by atoms with Gasteiger partial charge in [-0.2, -0.15) is 0 Å². The molecule has 146 valence electrons. The van der Waals surface area contributed by atoms with Gasteiger partial charge in [-0.25, -0.2) is 0 Å². The third kappa shape index (κ3) is 4.44. The summed E-state index contributed by atoms with van der Waals surface area (Å²) in [5, 5.41) is 11.4. The van der Waals surface area contributed by atoms with Crippen molar-refractivity contribution >= 4 is 51.3 Å². The lowest BCUT2D eigenvalue weighted by atomic mass is 9.99. The van der Waals surface area contributed by atoms with Crippen molar-refractivity contribution in [1.29, 1.82) is 0 Å². The van der Waals surface area contributed by atoms with Crippen LogP contribution in [0.5, 0.6) is 0 Å². The summed E-state index contributed by atoms with van der Waals surface area (Å²) in [4.78, 5) is 29.4. The maximum absolute atomic E-state index is 12.4. The average molecular weight is 423 g/mol. The lowest BCUT2D eigenvalue weighted by Gasteiger charge is -2.14. The molecule has 1 aliphatic heterocycles. The monoisotopic (exact) mass is 422 g/mol. The summed E-state index contributed by atoms with van der Waals surface area (Å²) in [6, 6.07) is 13.1. The van der Waals surface area contributed by atoms with Gasteiger partial charge < -0.3 is 0 Å². The molecule has 0 spiro atoms. The molecule has 1 amide bonds. The number of amides is 1. The maximum atomic E-state index is 12.4. The first-order chi connectivity index (χ1) is 14.0. The first-order valence-corrected chi connectivity index (χ1v) is 10.8. The number of thioether (sulfide) groups is 1. The highest BCUT2D eigenvalue weighted by Crippen LogP contribution is 2.30. The van der Waals surface area contributed by atoms with Gasteiger partial charge in [0.1, 0.15) is 0 Å². The molecule has 0 unspecified atom stereocenters. The van der Waals surface area contributed by atoms with Crippen molar-refractivity contribution in [3.05, 3.63) is 64.7 Å². The number of carbonyl (C=O) groups excluding carboxylic acids is 2. The van der Waals surface area contributed by atoms with E-state index in [0.29, 0.717) is 28.4 Å². The lowest BCUT2D eigenvalue weighted by molar-refractivity contribution is 0.0997. The van der Waals surface area contributed by atoms with Crippen LogP contribution in [0.1, 0.15) is 38.3 Å². The molecule has 3 aromatic rings. The van der Waals surface area contributed by atoms with Crippen LogP contribution < -0.4 is 5.32 Å². The predicted octanol–water partition coefficient (Wildman–Crippen LogP) is 4.86. The molecule has 6 nitrogen and oxygen atoms in total. The van der Waals surface area contributed by atoms with Crippen LogP contribution in [0, 0.1) is 13.8 Å². The summed E-state index contributed by atoms with van der Waals surface area (Å²) in [5.74, 6) is 0.446. The van der Waals surface area contributed by atoms with Crippen LogP contribution in [0.3, 0.4) is 0 Å². The molecule has 1 aromatic heterocycles. The highest BCUT2D eigenvalue weighted by atomic mass is 32.2. The molecule has 0 radical (unpaired) electrons. The summed E-state index contributed by atoms with van der Waals surface area (Å²) in [6.07, 6.45) is 0.319. The number of fused-ring (bicyclic) bond motifs is 1. The van der Waals surface area contributed by atoms with E-state index in [1.165, 1.54) is 23.1 Å². The molecule has 29 heavy (non-hydrogen) atoms. The van der Waals surface area contributed by atoms with Crippen LogP contribution in [0.15, 0.2) is 51.8 Å². The molecule has 4 rings (SSSR count). The highest BCUT2D eigenvalue weighted by Gasteiger charge is 2.20. The molecule has 1 N–H and O–H groups in total. The Hall–Kier alpha value is -2.84. The number of aryl methyl sites for hydroxylation is 2. The first-order valence-electron chi connectivity index (χ1n) is 9.03. The Bertz CT molecular complexity index is 1140. The quantitative estimate of drug-likeness (QED) is 0.469. The van der Waals surface area contributed by atoms with Gasteiger partial charge in [-0.15, -0.1) is 10.2 Å². The fourth-order valence-electron chi connectivity index (χ4n) is 3.00. The van der Waals surface area contributed by atoms with Crippen molar-refractivity contribution < 1.29 is 9.59 Å². The number of rotatable bonds is 5. The molecule has 8 heteroatoms. The molecule has 0 saturated carbocycles. The molecule has 0 saturated heterocycles. The Morgan fingerprint density at radius 1 is 1.17 bits per heavy atom. The molecule has 0 fully saturated rings. The van der Waals surface area contributed by atoms with Gasteiger partial charge >= 0.3 is 0 Å². The Balaban J connectivity index is 1.40. The smallest absolute Gasteiger partial charge is 0.257 e. The van der Waals surface area contributed by atoms with Crippen molar-refractivity contribution in [3.8, 4) is 0 Å². The van der Waals surface area contributed by atoms with Crippen LogP contribution >= 0.6 is 23.1 Å². The minimum Gasteiger partial charge on any atom is -0.296 e. The van der Waals surface area contributed by atoms with E-state index in [-0.39, 0.29) is 11.7 Å². The van der Waals surface area contributed by atoms with Gasteiger partial charge in [0.15, 0.2) is 10.1 Å². The number of hydrogen-bond donors (Lipinski definition) is 1. The van der Waals surface area contributed by atoms with Crippen LogP contribution in [0.25, 0.3) is 0 Å². The minimum absolute atomic E-state index is 0.0951. The Morgan fingerprint density at radius 3 is 2.83 bits per heavy atom. The molecular weight excluding hydrogens is 404 g/mol.